The van der Waals surface area contributed by atoms with Crippen LogP contribution in [0.25, 0.3) is 0 Å². The van der Waals surface area contributed by atoms with Crippen molar-refractivity contribution in [2.45, 2.75) is 13.0 Å². The van der Waals surface area contributed by atoms with Crippen molar-refractivity contribution in [1.82, 2.24) is 0 Å². The molecule has 2 aromatic carbocycles. The summed E-state index contributed by atoms with van der Waals surface area (Å²) in [4.78, 5) is 12.1. The van der Waals surface area contributed by atoms with Gasteiger partial charge in [0, 0.05) is 0 Å². The topological polar surface area (TPSA) is 41.1 Å². The summed E-state index contributed by atoms with van der Waals surface area (Å²) in [5.41, 5.74) is 3.93. The van der Waals surface area contributed by atoms with Gasteiger partial charge in [-0.25, -0.2) is 0 Å². The summed E-state index contributed by atoms with van der Waals surface area (Å²) >= 11 is 0. The second kappa shape index (κ2) is 4.18. The highest BCUT2D eigenvalue weighted by molar-refractivity contribution is 6.03. The quantitative estimate of drug-likeness (QED) is 0.801. The molecule has 0 radical (unpaired) electrons. The largest absolute Gasteiger partial charge is 0.368 e. The molecule has 0 saturated heterocycles. The predicted molar refractivity (Wildman–Crippen MR) is 72.6 cm³/mol. The fraction of sp³-hybridized carbons (Fsp3) is 0.133. The van der Waals surface area contributed by atoms with E-state index >= 15 is 0 Å². The summed E-state index contributed by atoms with van der Waals surface area (Å²) in [7, 11) is 0. The van der Waals surface area contributed by atoms with Gasteiger partial charge < -0.3 is 10.6 Å². The molecule has 0 spiro atoms. The molecular formula is C15H14N2O. The van der Waals surface area contributed by atoms with Crippen LogP contribution in [0.2, 0.25) is 0 Å². The number of rotatable bonds is 1. The molecule has 0 fully saturated rings. The predicted octanol–water partition coefficient (Wildman–Crippen LogP) is 3.10. The molecule has 1 aliphatic heterocycles. The monoisotopic (exact) mass is 238 g/mol. The first-order valence-electron chi connectivity index (χ1n) is 5.97. The molecule has 90 valence electrons. The number of nitrogens with one attached hydrogen (secondary N) is 2. The van der Waals surface area contributed by atoms with E-state index in [4.69, 9.17) is 0 Å². The number of amides is 1. The zero-order chi connectivity index (χ0) is 12.5. The van der Waals surface area contributed by atoms with E-state index in [0.717, 1.165) is 22.5 Å². The Labute approximate surface area is 106 Å². The van der Waals surface area contributed by atoms with Crippen LogP contribution in [0.15, 0.2) is 48.5 Å². The van der Waals surface area contributed by atoms with Crippen LogP contribution in [0.1, 0.15) is 17.2 Å². The Kier molecular flexibility index (Phi) is 2.52. The van der Waals surface area contributed by atoms with Crippen molar-refractivity contribution >= 4 is 17.3 Å². The summed E-state index contributed by atoms with van der Waals surface area (Å²) in [6.45, 7) is 2.01. The summed E-state index contributed by atoms with van der Waals surface area (Å²) in [5.74, 6) is -0.0145. The Morgan fingerprint density at radius 2 is 1.78 bits per heavy atom. The smallest absolute Gasteiger partial charge is 0.251 e. The van der Waals surface area contributed by atoms with E-state index in [-0.39, 0.29) is 11.9 Å². The van der Waals surface area contributed by atoms with Crippen molar-refractivity contribution in [3.05, 3.63) is 59.7 Å². The molecule has 1 aliphatic rings. The number of carbonyl (C=O) groups is 1. The lowest BCUT2D eigenvalue weighted by Crippen LogP contribution is -2.31. The van der Waals surface area contributed by atoms with Crippen LogP contribution in [-0.4, -0.2) is 5.91 Å². The fourth-order valence-electron chi connectivity index (χ4n) is 2.19. The zero-order valence-corrected chi connectivity index (χ0v) is 10.1. The average molecular weight is 238 g/mol. The summed E-state index contributed by atoms with van der Waals surface area (Å²) in [6, 6.07) is 15.4. The van der Waals surface area contributed by atoms with Crippen molar-refractivity contribution in [3.63, 3.8) is 0 Å². The first-order chi connectivity index (χ1) is 8.74. The second-order valence-corrected chi connectivity index (χ2v) is 4.53. The molecule has 1 amide bonds. The number of anilines is 2. The number of hydrogen-bond acceptors (Lipinski definition) is 2. The molecule has 1 heterocycles. The first-order valence-corrected chi connectivity index (χ1v) is 5.97. The third-order valence-corrected chi connectivity index (χ3v) is 3.13. The van der Waals surface area contributed by atoms with Gasteiger partial charge in [0.1, 0.15) is 6.04 Å². The standard InChI is InChI=1S/C15H14N2O/c1-10-7-8-12-13(9-10)17-15(18)14(16-12)11-5-3-2-4-6-11/h2-9,14,16H,1H3,(H,17,18). The maximum atomic E-state index is 12.1. The Balaban J connectivity index is 1.97. The molecule has 0 aromatic heterocycles. The van der Waals surface area contributed by atoms with Gasteiger partial charge in [-0.2, -0.15) is 0 Å². The van der Waals surface area contributed by atoms with E-state index in [1.165, 1.54) is 0 Å². The average Bonchev–Trinajstić information content (AvgIpc) is 2.39. The van der Waals surface area contributed by atoms with Crippen LogP contribution < -0.4 is 10.6 Å². The molecule has 3 rings (SSSR count). The third-order valence-electron chi connectivity index (χ3n) is 3.13. The minimum Gasteiger partial charge on any atom is -0.368 e. The van der Waals surface area contributed by atoms with E-state index in [9.17, 15) is 4.79 Å². The molecule has 2 N–H and O–H groups in total. The summed E-state index contributed by atoms with van der Waals surface area (Å²) in [6.07, 6.45) is 0. The van der Waals surface area contributed by atoms with Gasteiger partial charge in [-0.15, -0.1) is 0 Å². The second-order valence-electron chi connectivity index (χ2n) is 4.53. The van der Waals surface area contributed by atoms with Gasteiger partial charge in [-0.05, 0) is 30.2 Å². The van der Waals surface area contributed by atoms with Gasteiger partial charge in [0.05, 0.1) is 11.4 Å². The lowest BCUT2D eigenvalue weighted by molar-refractivity contribution is -0.117. The van der Waals surface area contributed by atoms with E-state index in [0.29, 0.717) is 0 Å². The first kappa shape index (κ1) is 10.8. The van der Waals surface area contributed by atoms with E-state index < -0.39 is 0 Å². The Hall–Kier alpha value is -2.29. The lowest BCUT2D eigenvalue weighted by atomic mass is 10.0. The minimum atomic E-state index is -0.318. The van der Waals surface area contributed by atoms with Crippen molar-refractivity contribution in [1.29, 1.82) is 0 Å². The third kappa shape index (κ3) is 1.84. The number of hydrogen-bond donors (Lipinski definition) is 2. The van der Waals surface area contributed by atoms with Gasteiger partial charge in [-0.1, -0.05) is 36.4 Å². The van der Waals surface area contributed by atoms with Crippen molar-refractivity contribution in [2.75, 3.05) is 10.6 Å². The molecule has 0 bridgehead atoms. The molecule has 3 heteroatoms. The molecule has 0 aliphatic carbocycles. The minimum absolute atomic E-state index is 0.0145. The highest BCUT2D eigenvalue weighted by Crippen LogP contribution is 2.32. The lowest BCUT2D eigenvalue weighted by Gasteiger charge is -2.27. The van der Waals surface area contributed by atoms with Crippen molar-refractivity contribution < 1.29 is 4.79 Å². The van der Waals surface area contributed by atoms with Crippen molar-refractivity contribution in [3.8, 4) is 0 Å². The SMILES string of the molecule is Cc1ccc2c(c1)NC(=O)C(c1ccccc1)N2. The summed E-state index contributed by atoms with van der Waals surface area (Å²) < 4.78 is 0. The van der Waals surface area contributed by atoms with Crippen LogP contribution in [0.4, 0.5) is 11.4 Å². The van der Waals surface area contributed by atoms with Gasteiger partial charge in [0.25, 0.3) is 5.91 Å². The van der Waals surface area contributed by atoms with Gasteiger partial charge in [0.15, 0.2) is 0 Å². The van der Waals surface area contributed by atoms with E-state index in [1.807, 2.05) is 55.5 Å². The Morgan fingerprint density at radius 3 is 2.56 bits per heavy atom. The number of benzene rings is 2. The van der Waals surface area contributed by atoms with Crippen LogP contribution >= 0.6 is 0 Å². The van der Waals surface area contributed by atoms with E-state index in [1.54, 1.807) is 0 Å². The van der Waals surface area contributed by atoms with Crippen LogP contribution in [0.5, 0.6) is 0 Å². The molecule has 3 nitrogen and oxygen atoms in total. The number of carbonyl (C=O) groups excluding carboxylic acids is 1. The zero-order valence-electron chi connectivity index (χ0n) is 10.1. The molecule has 18 heavy (non-hydrogen) atoms. The maximum absolute atomic E-state index is 12.1. The Morgan fingerprint density at radius 1 is 1.00 bits per heavy atom. The Bertz CT molecular complexity index is 593. The summed E-state index contributed by atoms with van der Waals surface area (Å²) in [5, 5.41) is 6.23. The number of fused-ring (bicyclic) bond motifs is 1. The molecule has 1 atom stereocenters. The maximum Gasteiger partial charge on any atom is 0.251 e. The van der Waals surface area contributed by atoms with E-state index in [2.05, 4.69) is 10.6 Å². The van der Waals surface area contributed by atoms with Gasteiger partial charge in [0.2, 0.25) is 0 Å². The van der Waals surface area contributed by atoms with Crippen molar-refractivity contribution in [2.24, 2.45) is 0 Å². The molecule has 1 unspecified atom stereocenters. The highest BCUT2D eigenvalue weighted by Gasteiger charge is 2.26. The fourth-order valence-corrected chi connectivity index (χ4v) is 2.19. The number of aryl methyl sites for hydroxylation is 1. The molecular weight excluding hydrogens is 224 g/mol. The van der Waals surface area contributed by atoms with Crippen LogP contribution in [-0.2, 0) is 4.79 Å². The van der Waals surface area contributed by atoms with Crippen LogP contribution in [0.3, 0.4) is 0 Å². The highest BCUT2D eigenvalue weighted by atomic mass is 16.2. The molecule has 0 saturated carbocycles. The van der Waals surface area contributed by atoms with Gasteiger partial charge in [-0.3, -0.25) is 4.79 Å². The molecule has 2 aromatic rings. The van der Waals surface area contributed by atoms with Gasteiger partial charge >= 0.3 is 0 Å². The normalized spacial score (nSPS) is 17.6. The van der Waals surface area contributed by atoms with Crippen LogP contribution in [0, 0.1) is 6.92 Å².